The van der Waals surface area contributed by atoms with Gasteiger partial charge in [-0.15, -0.1) is 11.8 Å². The van der Waals surface area contributed by atoms with Gasteiger partial charge in [0.15, 0.2) is 11.2 Å². The Morgan fingerprint density at radius 3 is 2.56 bits per heavy atom. The zero-order valence-corrected chi connectivity index (χ0v) is 24.4. The Bertz CT molecular complexity index is 1480. The number of hydrogen-bond acceptors (Lipinski definition) is 7. The van der Waals surface area contributed by atoms with E-state index in [4.69, 9.17) is 9.72 Å². The second kappa shape index (κ2) is 11.7. The van der Waals surface area contributed by atoms with Crippen LogP contribution < -0.4 is 21.5 Å². The topological polar surface area (TPSA) is 103 Å². The molecule has 0 radical (unpaired) electrons. The highest BCUT2D eigenvalue weighted by atomic mass is 32.2. The van der Waals surface area contributed by atoms with Crippen molar-refractivity contribution in [2.75, 3.05) is 18.0 Å². The normalized spacial score (nSPS) is 15.8. The van der Waals surface area contributed by atoms with E-state index in [0.717, 1.165) is 29.9 Å². The molecule has 3 heterocycles. The number of imidazole rings is 1. The number of alkyl carbamates (subject to hydrolysis) is 1. The van der Waals surface area contributed by atoms with Crippen LogP contribution >= 0.6 is 11.8 Å². The van der Waals surface area contributed by atoms with Gasteiger partial charge < -0.3 is 19.5 Å². The minimum Gasteiger partial charge on any atom is -0.444 e. The minimum atomic E-state index is -0.583. The number of nitrogens with one attached hydrogen (secondary N) is 1. The van der Waals surface area contributed by atoms with E-state index in [-0.39, 0.29) is 17.5 Å². The molecule has 0 saturated carbocycles. The fourth-order valence-electron chi connectivity index (χ4n) is 4.57. The lowest BCUT2D eigenvalue weighted by atomic mass is 10.1. The molecular weight excluding hydrogens is 516 g/mol. The number of aryl methyl sites for hydroxylation is 1. The highest BCUT2D eigenvalue weighted by Crippen LogP contribution is 2.25. The molecular formula is C28H38N6O4S. The van der Waals surface area contributed by atoms with Gasteiger partial charge in [-0.1, -0.05) is 29.8 Å². The van der Waals surface area contributed by atoms with Crippen LogP contribution in [-0.2, 0) is 24.2 Å². The van der Waals surface area contributed by atoms with Crippen LogP contribution in [-0.4, -0.2) is 49.5 Å². The summed E-state index contributed by atoms with van der Waals surface area (Å²) in [5, 5.41) is 2.98. The molecule has 3 aromatic rings. The standard InChI is InChI=1S/C28H38N6O4S/c1-19(2)14-16-33-22-23(31(6)27(37)34(24(22)35)18-39-21-12-8-7-9-13-21)30-25(33)32-15-10-11-20(17-32)29-26(36)38-28(3,4)5/h7-9,12-14,20H,10-11,15-18H2,1-6H3,(H,29,36). The van der Waals surface area contributed by atoms with E-state index in [0.29, 0.717) is 30.2 Å². The lowest BCUT2D eigenvalue weighted by molar-refractivity contribution is 0.0499. The molecule has 4 rings (SSSR count). The van der Waals surface area contributed by atoms with Crippen molar-refractivity contribution in [1.82, 2.24) is 24.0 Å². The summed E-state index contributed by atoms with van der Waals surface area (Å²) in [6.07, 6.45) is 3.24. The minimum absolute atomic E-state index is 0.131. The number of anilines is 1. The molecule has 0 bridgehead atoms. The van der Waals surface area contributed by atoms with Crippen molar-refractivity contribution in [1.29, 1.82) is 0 Å². The summed E-state index contributed by atoms with van der Waals surface area (Å²) in [5.41, 5.74) is 0.497. The Morgan fingerprint density at radius 1 is 1.18 bits per heavy atom. The molecule has 0 spiro atoms. The maximum atomic E-state index is 13.8. The summed E-state index contributed by atoms with van der Waals surface area (Å²) in [5.74, 6) is 0.805. The van der Waals surface area contributed by atoms with E-state index in [1.54, 1.807) is 7.05 Å². The number of rotatable bonds is 7. The fraction of sp³-hybridized carbons (Fsp3) is 0.500. The van der Waals surface area contributed by atoms with E-state index in [1.807, 2.05) is 75.6 Å². The van der Waals surface area contributed by atoms with Crippen LogP contribution in [0.4, 0.5) is 10.7 Å². The predicted octanol–water partition coefficient (Wildman–Crippen LogP) is 4.11. The molecule has 2 aromatic heterocycles. The molecule has 1 N–H and O–H groups in total. The van der Waals surface area contributed by atoms with E-state index in [2.05, 4.69) is 10.2 Å². The molecule has 1 aliphatic heterocycles. The molecule has 1 amide bonds. The van der Waals surface area contributed by atoms with Crippen molar-refractivity contribution < 1.29 is 9.53 Å². The average Bonchev–Trinajstić information content (AvgIpc) is 3.25. The third-order valence-corrected chi connectivity index (χ3v) is 7.42. The zero-order chi connectivity index (χ0) is 28.3. The SMILES string of the molecule is CC(C)=CCn1c(N2CCCC(NC(=O)OC(C)(C)C)C2)nc2c1c(=O)n(CSc1ccccc1)c(=O)n2C. The number of allylic oxidation sites excluding steroid dienone is 2. The number of amides is 1. The molecule has 210 valence electrons. The smallest absolute Gasteiger partial charge is 0.407 e. The lowest BCUT2D eigenvalue weighted by Crippen LogP contribution is -2.49. The van der Waals surface area contributed by atoms with Gasteiger partial charge in [0.25, 0.3) is 5.56 Å². The molecule has 1 saturated heterocycles. The molecule has 1 aliphatic rings. The number of fused-ring (bicyclic) bond motifs is 1. The number of piperidine rings is 1. The van der Waals surface area contributed by atoms with Crippen molar-refractivity contribution in [2.24, 2.45) is 7.05 Å². The largest absolute Gasteiger partial charge is 0.444 e. The summed E-state index contributed by atoms with van der Waals surface area (Å²) in [4.78, 5) is 47.3. The number of carbonyl (C=O) groups is 1. The first-order valence-electron chi connectivity index (χ1n) is 13.2. The number of benzene rings is 1. The van der Waals surface area contributed by atoms with Gasteiger partial charge in [0.2, 0.25) is 5.95 Å². The molecule has 0 aliphatic carbocycles. The average molecular weight is 555 g/mol. The number of carbonyl (C=O) groups excluding carboxylic acids is 1. The Morgan fingerprint density at radius 2 is 1.90 bits per heavy atom. The van der Waals surface area contributed by atoms with E-state index < -0.39 is 17.4 Å². The molecule has 1 atom stereocenters. The monoisotopic (exact) mass is 554 g/mol. The Kier molecular flexibility index (Phi) is 8.58. The van der Waals surface area contributed by atoms with Crippen molar-refractivity contribution in [2.45, 2.75) is 76.4 Å². The van der Waals surface area contributed by atoms with Gasteiger partial charge in [-0.25, -0.2) is 14.2 Å². The van der Waals surface area contributed by atoms with Crippen molar-refractivity contribution in [3.63, 3.8) is 0 Å². The van der Waals surface area contributed by atoms with Crippen LogP contribution in [0, 0.1) is 0 Å². The summed E-state index contributed by atoms with van der Waals surface area (Å²) >= 11 is 1.43. The summed E-state index contributed by atoms with van der Waals surface area (Å²) in [6.45, 7) is 11.2. The number of hydrogen-bond donors (Lipinski definition) is 1. The molecule has 1 unspecified atom stereocenters. The van der Waals surface area contributed by atoms with Gasteiger partial charge in [0, 0.05) is 37.6 Å². The van der Waals surface area contributed by atoms with Gasteiger partial charge in [0.1, 0.15) is 5.60 Å². The summed E-state index contributed by atoms with van der Waals surface area (Å²) in [6, 6.07) is 9.56. The van der Waals surface area contributed by atoms with Crippen LogP contribution in [0.2, 0.25) is 0 Å². The number of nitrogens with zero attached hydrogens (tertiary/aromatic N) is 5. The Balaban J connectivity index is 1.72. The van der Waals surface area contributed by atoms with Crippen molar-refractivity contribution in [3.8, 4) is 0 Å². The van der Waals surface area contributed by atoms with Crippen LogP contribution in [0.3, 0.4) is 0 Å². The second-order valence-corrected chi connectivity index (χ2v) is 12.1. The van der Waals surface area contributed by atoms with Gasteiger partial charge in [-0.05, 0) is 59.6 Å². The van der Waals surface area contributed by atoms with Gasteiger partial charge in [0.05, 0.1) is 5.88 Å². The first-order chi connectivity index (χ1) is 18.4. The third kappa shape index (κ3) is 6.76. The zero-order valence-electron chi connectivity index (χ0n) is 23.6. The van der Waals surface area contributed by atoms with Crippen LogP contribution in [0.15, 0.2) is 56.5 Å². The van der Waals surface area contributed by atoms with Crippen LogP contribution in [0.1, 0.15) is 47.5 Å². The Labute approximate surface area is 232 Å². The van der Waals surface area contributed by atoms with E-state index >= 15 is 0 Å². The Hall–Kier alpha value is -3.47. The predicted molar refractivity (Wildman–Crippen MR) is 156 cm³/mol. The fourth-order valence-corrected chi connectivity index (χ4v) is 5.42. The molecule has 1 aromatic carbocycles. The van der Waals surface area contributed by atoms with E-state index in [1.165, 1.54) is 20.9 Å². The number of ether oxygens (including phenoxy) is 1. The molecule has 10 nitrogen and oxygen atoms in total. The quantitative estimate of drug-likeness (QED) is 0.346. The first kappa shape index (κ1) is 28.5. The first-order valence-corrected chi connectivity index (χ1v) is 14.2. The van der Waals surface area contributed by atoms with Crippen LogP contribution in [0.5, 0.6) is 0 Å². The third-order valence-electron chi connectivity index (χ3n) is 6.42. The lowest BCUT2D eigenvalue weighted by Gasteiger charge is -2.34. The summed E-state index contributed by atoms with van der Waals surface area (Å²) < 4.78 is 10.1. The van der Waals surface area contributed by atoms with Crippen molar-refractivity contribution >= 4 is 35.0 Å². The van der Waals surface area contributed by atoms with E-state index in [9.17, 15) is 14.4 Å². The van der Waals surface area contributed by atoms with Gasteiger partial charge in [-0.3, -0.25) is 9.36 Å². The second-order valence-electron chi connectivity index (χ2n) is 11.1. The number of thioether (sulfide) groups is 1. The summed E-state index contributed by atoms with van der Waals surface area (Å²) in [7, 11) is 1.65. The molecule has 39 heavy (non-hydrogen) atoms. The molecule has 11 heteroatoms. The number of aromatic nitrogens is 4. The van der Waals surface area contributed by atoms with Gasteiger partial charge in [-0.2, -0.15) is 4.98 Å². The maximum absolute atomic E-state index is 13.8. The molecule has 1 fully saturated rings. The maximum Gasteiger partial charge on any atom is 0.407 e. The highest BCUT2D eigenvalue weighted by molar-refractivity contribution is 7.98. The van der Waals surface area contributed by atoms with Crippen LogP contribution in [0.25, 0.3) is 11.2 Å². The van der Waals surface area contributed by atoms with Gasteiger partial charge >= 0.3 is 11.8 Å². The van der Waals surface area contributed by atoms with Crippen molar-refractivity contribution in [3.05, 3.63) is 62.8 Å². The highest BCUT2D eigenvalue weighted by Gasteiger charge is 2.29.